The van der Waals surface area contributed by atoms with E-state index in [4.69, 9.17) is 14.5 Å². The predicted molar refractivity (Wildman–Crippen MR) is 137 cm³/mol. The van der Waals surface area contributed by atoms with Crippen molar-refractivity contribution in [1.82, 2.24) is 14.9 Å². The van der Waals surface area contributed by atoms with E-state index in [-0.39, 0.29) is 11.4 Å². The van der Waals surface area contributed by atoms with E-state index < -0.39 is 0 Å². The van der Waals surface area contributed by atoms with Crippen molar-refractivity contribution in [2.45, 2.75) is 50.5 Å². The third kappa shape index (κ3) is 4.64. The number of para-hydroxylation sites is 1. The smallest absolute Gasteiger partial charge is 0.222 e. The Morgan fingerprint density at radius 3 is 2.63 bits per heavy atom. The molecule has 0 N–H and O–H groups in total. The molecule has 7 nitrogen and oxygen atoms in total. The van der Waals surface area contributed by atoms with Gasteiger partial charge >= 0.3 is 0 Å². The minimum absolute atomic E-state index is 0.0609. The van der Waals surface area contributed by atoms with Crippen LogP contribution in [-0.2, 0) is 11.2 Å². The molecule has 2 aliphatic heterocycles. The second kappa shape index (κ2) is 10.1. The lowest BCUT2D eigenvalue weighted by atomic mass is 9.87. The largest absolute Gasteiger partial charge is 0.497 e. The van der Waals surface area contributed by atoms with Crippen molar-refractivity contribution in [3.63, 3.8) is 0 Å². The molecule has 1 unspecified atom stereocenters. The molecule has 0 aliphatic carbocycles. The first-order valence-electron chi connectivity index (χ1n) is 12.6. The van der Waals surface area contributed by atoms with Crippen molar-refractivity contribution in [3.05, 3.63) is 54.4 Å². The molecule has 3 heterocycles. The lowest BCUT2D eigenvalue weighted by Gasteiger charge is -2.39. The van der Waals surface area contributed by atoms with E-state index in [1.54, 1.807) is 20.5 Å². The average molecular weight is 475 g/mol. The Morgan fingerprint density at radius 1 is 0.971 bits per heavy atom. The quantitative estimate of drug-likeness (QED) is 0.519. The van der Waals surface area contributed by atoms with E-state index >= 15 is 0 Å². The molecule has 2 aromatic carbocycles. The Morgan fingerprint density at radius 2 is 1.80 bits per heavy atom. The van der Waals surface area contributed by atoms with Crippen molar-refractivity contribution in [2.24, 2.45) is 0 Å². The van der Waals surface area contributed by atoms with Gasteiger partial charge in [-0.2, -0.15) is 0 Å². The van der Waals surface area contributed by atoms with E-state index in [1.165, 1.54) is 0 Å². The molecule has 1 amide bonds. The molecule has 184 valence electrons. The second-order valence-corrected chi connectivity index (χ2v) is 9.61. The Hall–Kier alpha value is -3.35. The maximum absolute atomic E-state index is 13.2. The van der Waals surface area contributed by atoms with Crippen LogP contribution in [0.3, 0.4) is 0 Å². The van der Waals surface area contributed by atoms with Crippen LogP contribution in [-0.4, -0.2) is 60.2 Å². The summed E-state index contributed by atoms with van der Waals surface area (Å²) in [7, 11) is 3.30. The van der Waals surface area contributed by atoms with Crippen molar-refractivity contribution >= 4 is 22.6 Å². The highest BCUT2D eigenvalue weighted by molar-refractivity contribution is 5.89. The number of aryl methyl sites for hydroxylation is 1. The number of carbonyl (C=O) groups excluding carboxylic acids is 1. The number of anilines is 1. The minimum atomic E-state index is 0.0609. The number of fused-ring (bicyclic) bond motifs is 1. The van der Waals surface area contributed by atoms with Crippen LogP contribution in [0.25, 0.3) is 10.9 Å². The van der Waals surface area contributed by atoms with Crippen LogP contribution in [0.5, 0.6) is 11.5 Å². The summed E-state index contributed by atoms with van der Waals surface area (Å²) in [5, 5.41) is 1.11. The van der Waals surface area contributed by atoms with E-state index in [0.29, 0.717) is 12.8 Å². The van der Waals surface area contributed by atoms with Gasteiger partial charge in [0.1, 0.15) is 23.6 Å². The molecule has 1 atom stereocenters. The third-order valence-electron chi connectivity index (χ3n) is 7.75. The molecule has 2 saturated heterocycles. The summed E-state index contributed by atoms with van der Waals surface area (Å²) in [6.45, 7) is 2.61. The first-order valence-corrected chi connectivity index (χ1v) is 12.6. The number of amides is 1. The highest BCUT2D eigenvalue weighted by Gasteiger charge is 2.43. The molecule has 35 heavy (non-hydrogen) atoms. The summed E-state index contributed by atoms with van der Waals surface area (Å²) < 4.78 is 10.8. The molecular weight excluding hydrogens is 440 g/mol. The van der Waals surface area contributed by atoms with Crippen LogP contribution in [0, 0.1) is 0 Å². The first-order chi connectivity index (χ1) is 17.1. The summed E-state index contributed by atoms with van der Waals surface area (Å²) in [6, 6.07) is 14.0. The molecule has 2 aliphatic rings. The molecule has 0 radical (unpaired) electrons. The fourth-order valence-electron chi connectivity index (χ4n) is 5.88. The van der Waals surface area contributed by atoms with Crippen molar-refractivity contribution in [2.75, 3.05) is 38.8 Å². The zero-order chi connectivity index (χ0) is 24.3. The molecular formula is C28H34N4O3. The predicted octanol–water partition coefficient (Wildman–Crippen LogP) is 4.63. The second-order valence-electron chi connectivity index (χ2n) is 9.61. The summed E-state index contributed by atoms with van der Waals surface area (Å²) in [6.07, 6.45) is 8.20. The topological polar surface area (TPSA) is 67.8 Å². The summed E-state index contributed by atoms with van der Waals surface area (Å²) >= 11 is 0. The van der Waals surface area contributed by atoms with Gasteiger partial charge < -0.3 is 19.3 Å². The summed E-state index contributed by atoms with van der Waals surface area (Å²) in [5.74, 6) is 2.79. The fourth-order valence-corrected chi connectivity index (χ4v) is 5.88. The number of aromatic nitrogens is 2. The van der Waals surface area contributed by atoms with Crippen LogP contribution >= 0.6 is 0 Å². The van der Waals surface area contributed by atoms with Gasteiger partial charge in [0.2, 0.25) is 5.91 Å². The van der Waals surface area contributed by atoms with Gasteiger partial charge in [-0.05, 0) is 62.3 Å². The molecule has 1 aromatic heterocycles. The van der Waals surface area contributed by atoms with Crippen molar-refractivity contribution < 1.29 is 14.3 Å². The maximum Gasteiger partial charge on any atom is 0.222 e. The number of ether oxygens (including phenoxy) is 2. The number of hydrogen-bond donors (Lipinski definition) is 0. The van der Waals surface area contributed by atoms with E-state index in [1.807, 2.05) is 24.3 Å². The number of benzene rings is 2. The first kappa shape index (κ1) is 23.4. The minimum Gasteiger partial charge on any atom is -0.497 e. The molecule has 0 saturated carbocycles. The van der Waals surface area contributed by atoms with E-state index in [2.05, 4.69) is 33.0 Å². The lowest BCUT2D eigenvalue weighted by Crippen LogP contribution is -2.45. The van der Waals surface area contributed by atoms with Crippen molar-refractivity contribution in [1.29, 1.82) is 0 Å². The van der Waals surface area contributed by atoms with Gasteiger partial charge in [0.15, 0.2) is 0 Å². The third-order valence-corrected chi connectivity index (χ3v) is 7.75. The van der Waals surface area contributed by atoms with Crippen LogP contribution in [0.2, 0.25) is 0 Å². The van der Waals surface area contributed by atoms with Gasteiger partial charge in [-0.1, -0.05) is 18.2 Å². The number of rotatable bonds is 6. The fraction of sp³-hybridized carbons (Fsp3) is 0.464. The van der Waals surface area contributed by atoms with E-state index in [9.17, 15) is 4.79 Å². The van der Waals surface area contributed by atoms with Gasteiger partial charge in [0.25, 0.3) is 0 Å². The van der Waals surface area contributed by atoms with Crippen molar-refractivity contribution in [3.8, 4) is 11.5 Å². The highest BCUT2D eigenvalue weighted by Crippen LogP contribution is 2.42. The van der Waals surface area contributed by atoms with Crippen LogP contribution in [0.4, 0.5) is 5.82 Å². The Balaban J connectivity index is 1.27. The normalized spacial score (nSPS) is 20.3. The molecule has 7 heteroatoms. The van der Waals surface area contributed by atoms with Gasteiger partial charge in [0, 0.05) is 43.0 Å². The lowest BCUT2D eigenvalue weighted by molar-refractivity contribution is -0.131. The Labute approximate surface area is 207 Å². The number of likely N-dealkylation sites (tertiary alicyclic amines) is 1. The standard InChI is InChI=1S/C28H34N4O3/c1-34-22-11-9-21(25(19-22)35-2)10-12-26(33)31-16-5-13-28(15-18-31)14-6-17-32(28)27-23-7-3-4-8-24(23)29-20-30-27/h3-4,7-9,11,19-20H,5-6,10,12-18H2,1-2H3. The van der Waals surface area contributed by atoms with E-state index in [0.717, 1.165) is 85.5 Å². The van der Waals surface area contributed by atoms with Gasteiger partial charge in [0.05, 0.1) is 19.7 Å². The average Bonchev–Trinajstić information content (AvgIpc) is 3.19. The maximum atomic E-state index is 13.2. The molecule has 2 fully saturated rings. The molecule has 5 rings (SSSR count). The van der Waals surface area contributed by atoms with Crippen LogP contribution in [0.1, 0.15) is 44.1 Å². The van der Waals surface area contributed by atoms with Gasteiger partial charge in [-0.15, -0.1) is 0 Å². The zero-order valence-corrected chi connectivity index (χ0v) is 20.7. The number of hydrogen-bond acceptors (Lipinski definition) is 6. The highest BCUT2D eigenvalue weighted by atomic mass is 16.5. The van der Waals surface area contributed by atoms with Crippen LogP contribution in [0.15, 0.2) is 48.8 Å². The summed E-state index contributed by atoms with van der Waals surface area (Å²) in [5.41, 5.74) is 2.08. The SMILES string of the molecule is COc1ccc(CCC(=O)N2CCCC3(CCCN3c3ncnc4ccccc34)CC2)c(OC)c1. The summed E-state index contributed by atoms with van der Waals surface area (Å²) in [4.78, 5) is 27.0. The molecule has 1 spiro atoms. The van der Waals surface area contributed by atoms with Gasteiger partial charge in [-0.3, -0.25) is 4.79 Å². The van der Waals surface area contributed by atoms with Gasteiger partial charge in [-0.25, -0.2) is 9.97 Å². The number of carbonyl (C=O) groups is 1. The zero-order valence-electron chi connectivity index (χ0n) is 20.7. The Kier molecular flexibility index (Phi) is 6.75. The Bertz CT molecular complexity index is 1190. The number of methoxy groups -OCH3 is 2. The molecule has 3 aromatic rings. The van der Waals surface area contributed by atoms with Crippen LogP contribution < -0.4 is 14.4 Å². The monoisotopic (exact) mass is 474 g/mol. The molecule has 0 bridgehead atoms. The number of nitrogens with zero attached hydrogens (tertiary/aromatic N) is 4.